The van der Waals surface area contributed by atoms with Crippen LogP contribution in [0, 0.1) is 19.7 Å². The molecule has 0 fully saturated rings. The Bertz CT molecular complexity index is 1620. The Balaban J connectivity index is 1.73. The van der Waals surface area contributed by atoms with E-state index in [0.717, 1.165) is 35.6 Å². The van der Waals surface area contributed by atoms with Crippen LogP contribution in [0.2, 0.25) is 0 Å². The standard InChI is InChI=1S/C27H22F7N3O4S/c1-4-40-23-13(2)9-20(37-21(23)15-5-7-17(28)8-6-15)25(39,26(29,30)31)12-35-24(38)16-10-18(41-27(32,33)34)22-19(11-16)42-14(3)36-22/h5-11,39H,4,12H2,1-3H3,(H,35,38)/t25-/m0/s1. The van der Waals surface area contributed by atoms with Crippen LogP contribution in [0.15, 0.2) is 42.5 Å². The number of pyridine rings is 1. The smallest absolute Gasteiger partial charge is 0.491 e. The maximum atomic E-state index is 14.4. The topological polar surface area (TPSA) is 93.6 Å². The molecule has 0 saturated heterocycles. The molecule has 0 aliphatic rings. The SMILES string of the molecule is CCOc1c(C)cc([C@@](O)(CNC(=O)c2cc(OC(F)(F)F)c3nc(C)sc3c2)C(F)(F)F)nc1-c1ccc(F)cc1. The van der Waals surface area contributed by atoms with Crippen molar-refractivity contribution in [1.82, 2.24) is 15.3 Å². The average Bonchev–Trinajstić information content (AvgIpc) is 3.27. The number of aliphatic hydroxyl groups is 1. The first-order valence-corrected chi connectivity index (χ1v) is 13.0. The van der Waals surface area contributed by atoms with Gasteiger partial charge in [-0.05, 0) is 68.8 Å². The Hall–Kier alpha value is -3.98. The van der Waals surface area contributed by atoms with Gasteiger partial charge in [-0.1, -0.05) is 0 Å². The summed E-state index contributed by atoms with van der Waals surface area (Å²) < 4.78 is 105. The van der Waals surface area contributed by atoms with E-state index >= 15 is 0 Å². The highest BCUT2D eigenvalue weighted by molar-refractivity contribution is 7.18. The molecule has 2 heterocycles. The predicted octanol–water partition coefficient (Wildman–Crippen LogP) is 6.59. The number of benzene rings is 2. The van der Waals surface area contributed by atoms with Crippen molar-refractivity contribution in [1.29, 1.82) is 0 Å². The maximum Gasteiger partial charge on any atom is 0.573 e. The van der Waals surface area contributed by atoms with Crippen molar-refractivity contribution in [3.8, 4) is 22.8 Å². The molecule has 2 aromatic carbocycles. The fourth-order valence-electron chi connectivity index (χ4n) is 4.09. The van der Waals surface area contributed by atoms with E-state index in [1.54, 1.807) is 6.92 Å². The number of aromatic nitrogens is 2. The average molecular weight is 618 g/mol. The Morgan fingerprint density at radius 1 is 1.02 bits per heavy atom. The zero-order valence-corrected chi connectivity index (χ0v) is 22.9. The maximum absolute atomic E-state index is 14.4. The predicted molar refractivity (Wildman–Crippen MR) is 139 cm³/mol. The molecule has 7 nitrogen and oxygen atoms in total. The molecule has 0 bridgehead atoms. The van der Waals surface area contributed by atoms with Gasteiger partial charge in [-0.3, -0.25) is 4.79 Å². The Kier molecular flexibility index (Phi) is 8.38. The second kappa shape index (κ2) is 11.4. The molecule has 4 rings (SSSR count). The minimum absolute atomic E-state index is 0.103. The van der Waals surface area contributed by atoms with Gasteiger partial charge >= 0.3 is 12.5 Å². The third-order valence-corrected chi connectivity index (χ3v) is 6.94. The number of rotatable bonds is 8. The molecule has 0 radical (unpaired) electrons. The minimum atomic E-state index is -5.38. The number of ether oxygens (including phenoxy) is 2. The summed E-state index contributed by atoms with van der Waals surface area (Å²) in [7, 11) is 0. The van der Waals surface area contributed by atoms with Crippen LogP contribution in [0.4, 0.5) is 30.7 Å². The van der Waals surface area contributed by atoms with Crippen molar-refractivity contribution < 1.29 is 50.1 Å². The van der Waals surface area contributed by atoms with Crippen LogP contribution < -0.4 is 14.8 Å². The largest absolute Gasteiger partial charge is 0.573 e. The number of hydrogen-bond donors (Lipinski definition) is 2. The summed E-state index contributed by atoms with van der Waals surface area (Å²) >= 11 is 0.943. The summed E-state index contributed by atoms with van der Waals surface area (Å²) in [5.41, 5.74) is -5.04. The van der Waals surface area contributed by atoms with Crippen LogP contribution in [-0.4, -0.2) is 46.7 Å². The molecule has 2 aromatic heterocycles. The van der Waals surface area contributed by atoms with Gasteiger partial charge in [-0.2, -0.15) is 13.2 Å². The van der Waals surface area contributed by atoms with Gasteiger partial charge in [0.25, 0.3) is 5.91 Å². The van der Waals surface area contributed by atoms with Gasteiger partial charge in [0.2, 0.25) is 5.60 Å². The monoisotopic (exact) mass is 617 g/mol. The number of carbonyl (C=O) groups excluding carboxylic acids is 1. The lowest BCUT2D eigenvalue weighted by molar-refractivity contribution is -0.274. The molecule has 224 valence electrons. The molecule has 42 heavy (non-hydrogen) atoms. The van der Waals surface area contributed by atoms with Crippen LogP contribution in [0.25, 0.3) is 21.5 Å². The van der Waals surface area contributed by atoms with E-state index < -0.39 is 53.4 Å². The number of thiazole rings is 1. The zero-order valence-electron chi connectivity index (χ0n) is 22.1. The fraction of sp³-hybridized carbons (Fsp3) is 0.296. The van der Waals surface area contributed by atoms with Crippen molar-refractivity contribution in [2.75, 3.05) is 13.2 Å². The third kappa shape index (κ3) is 6.41. The summed E-state index contributed by atoms with van der Waals surface area (Å²) in [5, 5.41) is 13.3. The summed E-state index contributed by atoms with van der Waals surface area (Å²) in [4.78, 5) is 20.9. The number of nitrogens with zero attached hydrogens (tertiary/aromatic N) is 2. The van der Waals surface area contributed by atoms with Crippen LogP contribution in [-0.2, 0) is 5.60 Å². The van der Waals surface area contributed by atoms with Crippen molar-refractivity contribution in [2.24, 2.45) is 0 Å². The first-order valence-electron chi connectivity index (χ1n) is 12.2. The number of alkyl halides is 6. The fourth-order valence-corrected chi connectivity index (χ4v) is 4.98. The second-order valence-electron chi connectivity index (χ2n) is 9.08. The Morgan fingerprint density at radius 3 is 2.29 bits per heavy atom. The van der Waals surface area contributed by atoms with Crippen LogP contribution in [0.1, 0.15) is 33.5 Å². The van der Waals surface area contributed by atoms with Gasteiger partial charge in [0.1, 0.15) is 22.8 Å². The van der Waals surface area contributed by atoms with Crippen LogP contribution in [0.3, 0.4) is 0 Å². The van der Waals surface area contributed by atoms with Crippen molar-refractivity contribution in [3.63, 3.8) is 0 Å². The van der Waals surface area contributed by atoms with Crippen LogP contribution in [0.5, 0.6) is 11.5 Å². The Labute approximate surface area is 237 Å². The lowest BCUT2D eigenvalue weighted by Gasteiger charge is -2.31. The molecule has 15 heteroatoms. The molecule has 0 aliphatic heterocycles. The quantitative estimate of drug-likeness (QED) is 0.217. The highest BCUT2D eigenvalue weighted by Gasteiger charge is 2.56. The highest BCUT2D eigenvalue weighted by Crippen LogP contribution is 2.42. The van der Waals surface area contributed by atoms with E-state index in [1.807, 2.05) is 5.32 Å². The lowest BCUT2D eigenvalue weighted by Crippen LogP contribution is -2.51. The van der Waals surface area contributed by atoms with Gasteiger partial charge in [0.15, 0.2) is 5.75 Å². The van der Waals surface area contributed by atoms with E-state index in [9.17, 15) is 40.6 Å². The highest BCUT2D eigenvalue weighted by atomic mass is 32.1. The van der Waals surface area contributed by atoms with E-state index in [-0.39, 0.29) is 39.4 Å². The summed E-state index contributed by atoms with van der Waals surface area (Å²) in [6, 6.07) is 7.48. The lowest BCUT2D eigenvalue weighted by atomic mass is 9.95. The van der Waals surface area contributed by atoms with E-state index in [4.69, 9.17) is 4.74 Å². The summed E-state index contributed by atoms with van der Waals surface area (Å²) in [6.45, 7) is 3.25. The number of carbonyl (C=O) groups is 1. The molecule has 4 aromatic rings. The first-order chi connectivity index (χ1) is 19.5. The van der Waals surface area contributed by atoms with Crippen LogP contribution >= 0.6 is 11.3 Å². The van der Waals surface area contributed by atoms with Crippen molar-refractivity contribution >= 4 is 27.5 Å². The number of aryl methyl sites for hydroxylation is 2. The van der Waals surface area contributed by atoms with E-state index in [2.05, 4.69) is 14.7 Å². The second-order valence-corrected chi connectivity index (χ2v) is 10.3. The van der Waals surface area contributed by atoms with Gasteiger partial charge in [-0.15, -0.1) is 24.5 Å². The molecule has 0 aliphatic carbocycles. The summed E-state index contributed by atoms with van der Waals surface area (Å²) in [5.74, 6) is -2.53. The molecular weight excluding hydrogens is 595 g/mol. The number of nitrogens with one attached hydrogen (secondary N) is 1. The minimum Gasteiger partial charge on any atom is -0.491 e. The molecule has 0 spiro atoms. The van der Waals surface area contributed by atoms with Gasteiger partial charge in [-0.25, -0.2) is 14.4 Å². The number of fused-ring (bicyclic) bond motifs is 1. The van der Waals surface area contributed by atoms with Crippen molar-refractivity contribution in [2.45, 2.75) is 38.9 Å². The van der Waals surface area contributed by atoms with Gasteiger partial charge in [0, 0.05) is 11.1 Å². The first kappa shape index (κ1) is 31.0. The molecule has 0 unspecified atom stereocenters. The molecule has 1 amide bonds. The van der Waals surface area contributed by atoms with Gasteiger partial charge < -0.3 is 19.9 Å². The third-order valence-electron chi connectivity index (χ3n) is 6.02. The zero-order chi connectivity index (χ0) is 31.0. The number of amides is 1. The Morgan fingerprint density at radius 2 is 1.69 bits per heavy atom. The molecule has 0 saturated carbocycles. The van der Waals surface area contributed by atoms with Gasteiger partial charge in [0.05, 0.1) is 28.6 Å². The summed E-state index contributed by atoms with van der Waals surface area (Å²) in [6.07, 6.45) is -10.5. The van der Waals surface area contributed by atoms with E-state index in [1.165, 1.54) is 26.0 Å². The number of hydrogen-bond acceptors (Lipinski definition) is 7. The normalized spacial score (nSPS) is 13.6. The molecular formula is C27H22F7N3O4S. The number of halogens is 7. The molecule has 1 atom stereocenters. The molecule has 2 N–H and O–H groups in total. The van der Waals surface area contributed by atoms with Crippen molar-refractivity contribution in [3.05, 3.63) is 70.1 Å². The van der Waals surface area contributed by atoms with E-state index in [0.29, 0.717) is 11.1 Å².